The first-order chi connectivity index (χ1) is 13.8. The molecule has 4 heteroatoms. The Labute approximate surface area is 165 Å². The normalized spacial score (nSPS) is 10.9. The van der Waals surface area contributed by atoms with Crippen molar-refractivity contribution < 1.29 is 0 Å². The van der Waals surface area contributed by atoms with E-state index in [-0.39, 0.29) is 0 Å². The lowest BCUT2D eigenvalue weighted by Gasteiger charge is -2.11. The van der Waals surface area contributed by atoms with Crippen LogP contribution in [-0.4, -0.2) is 14.5 Å². The Balaban J connectivity index is 1.72. The lowest BCUT2D eigenvalue weighted by molar-refractivity contribution is 0.689. The van der Waals surface area contributed by atoms with Crippen molar-refractivity contribution in [2.24, 2.45) is 0 Å². The van der Waals surface area contributed by atoms with E-state index in [9.17, 15) is 5.26 Å². The van der Waals surface area contributed by atoms with Gasteiger partial charge in [0, 0.05) is 19.2 Å². The van der Waals surface area contributed by atoms with E-state index in [0.29, 0.717) is 12.1 Å². The maximum Gasteiger partial charge on any atom is 0.110 e. The summed E-state index contributed by atoms with van der Waals surface area (Å²) in [4.78, 5) is 9.10. The maximum atomic E-state index is 9.69. The Morgan fingerprint density at radius 3 is 2.71 bits per heavy atom. The molecule has 4 aromatic rings. The minimum atomic E-state index is 0.686. The molecule has 2 aromatic carbocycles. The molecule has 0 saturated carbocycles. The molecule has 4 nitrogen and oxygen atoms in total. The first-order valence-electron chi connectivity index (χ1n) is 9.67. The van der Waals surface area contributed by atoms with Crippen LogP contribution >= 0.6 is 0 Å². The Morgan fingerprint density at radius 1 is 1.07 bits per heavy atom. The molecule has 28 heavy (non-hydrogen) atoms. The summed E-state index contributed by atoms with van der Waals surface area (Å²) in [5, 5.41) is 9.69. The van der Waals surface area contributed by atoms with Crippen molar-refractivity contribution in [1.82, 2.24) is 14.5 Å². The molecule has 0 spiro atoms. The number of hydrogen-bond donors (Lipinski definition) is 0. The first-order valence-corrected chi connectivity index (χ1v) is 9.67. The minimum Gasteiger partial charge on any atom is -0.322 e. The van der Waals surface area contributed by atoms with Crippen molar-refractivity contribution in [3.63, 3.8) is 0 Å². The summed E-state index contributed by atoms with van der Waals surface area (Å²) in [6.07, 6.45) is 6.84. The van der Waals surface area contributed by atoms with Crippen LogP contribution in [0.3, 0.4) is 0 Å². The molecule has 0 amide bonds. The van der Waals surface area contributed by atoms with E-state index < -0.39 is 0 Å². The molecule has 0 N–H and O–H groups in total. The number of pyridine rings is 1. The number of hydrogen-bond acceptors (Lipinski definition) is 3. The van der Waals surface area contributed by atoms with Gasteiger partial charge in [0.05, 0.1) is 28.9 Å². The number of aromatic nitrogens is 3. The van der Waals surface area contributed by atoms with Crippen LogP contribution in [-0.2, 0) is 13.0 Å². The van der Waals surface area contributed by atoms with Crippen molar-refractivity contribution in [1.29, 1.82) is 5.26 Å². The van der Waals surface area contributed by atoms with Gasteiger partial charge in [-0.1, -0.05) is 55.8 Å². The summed E-state index contributed by atoms with van der Waals surface area (Å²) >= 11 is 0. The van der Waals surface area contributed by atoms with Crippen LogP contribution in [0.5, 0.6) is 0 Å². The number of nitrogens with zero attached hydrogens (tertiary/aromatic N) is 4. The number of unbranched alkanes of at least 4 members (excludes halogenated alkanes) is 1. The van der Waals surface area contributed by atoms with E-state index >= 15 is 0 Å². The molecule has 2 heterocycles. The fourth-order valence-electron chi connectivity index (χ4n) is 3.56. The minimum absolute atomic E-state index is 0.686. The van der Waals surface area contributed by atoms with Crippen LogP contribution in [0.25, 0.3) is 22.2 Å². The molecular weight excluding hydrogens is 344 g/mol. The highest BCUT2D eigenvalue weighted by Crippen LogP contribution is 2.25. The standard InChI is InChI=1S/C24H22N4/c1-2-3-9-24-27-22-12-13-26-16-23(22)28(24)17-18-10-11-21(20(14-18)15-25)19-7-5-4-6-8-19/h4-8,10-14,16H,2-3,9,17H2,1H3. The predicted molar refractivity (Wildman–Crippen MR) is 112 cm³/mol. The number of aryl methyl sites for hydroxylation is 1. The van der Waals surface area contributed by atoms with Crippen molar-refractivity contribution in [2.75, 3.05) is 0 Å². The van der Waals surface area contributed by atoms with Crippen LogP contribution < -0.4 is 0 Å². The second kappa shape index (κ2) is 8.06. The Kier molecular flexibility index (Phi) is 5.16. The number of benzene rings is 2. The molecule has 0 radical (unpaired) electrons. The predicted octanol–water partition coefficient (Wildman–Crippen LogP) is 5.36. The summed E-state index contributed by atoms with van der Waals surface area (Å²) < 4.78 is 2.23. The van der Waals surface area contributed by atoms with Gasteiger partial charge in [-0.3, -0.25) is 4.98 Å². The molecule has 0 aliphatic carbocycles. The second-order valence-corrected chi connectivity index (χ2v) is 6.94. The molecule has 0 aliphatic rings. The molecule has 2 aromatic heterocycles. The highest BCUT2D eigenvalue weighted by molar-refractivity contribution is 5.75. The zero-order valence-corrected chi connectivity index (χ0v) is 16.0. The molecule has 0 atom stereocenters. The third-order valence-electron chi connectivity index (χ3n) is 5.01. The number of nitriles is 1. The largest absolute Gasteiger partial charge is 0.322 e. The van der Waals surface area contributed by atoms with Gasteiger partial charge in [-0.2, -0.15) is 5.26 Å². The maximum absolute atomic E-state index is 9.69. The number of rotatable bonds is 6. The SMILES string of the molecule is CCCCc1nc2ccncc2n1Cc1ccc(-c2ccccc2)c(C#N)c1. The molecule has 0 bridgehead atoms. The quantitative estimate of drug-likeness (QED) is 0.461. The van der Waals surface area contributed by atoms with E-state index in [1.807, 2.05) is 54.7 Å². The van der Waals surface area contributed by atoms with Crippen molar-refractivity contribution in [3.8, 4) is 17.2 Å². The van der Waals surface area contributed by atoms with Gasteiger partial charge in [-0.25, -0.2) is 4.98 Å². The van der Waals surface area contributed by atoms with Gasteiger partial charge in [0.25, 0.3) is 0 Å². The van der Waals surface area contributed by atoms with Gasteiger partial charge in [-0.15, -0.1) is 0 Å². The highest BCUT2D eigenvalue weighted by Gasteiger charge is 2.12. The first kappa shape index (κ1) is 17.9. The zero-order chi connectivity index (χ0) is 19.3. The van der Waals surface area contributed by atoms with Gasteiger partial charge in [0.15, 0.2) is 0 Å². The molecule has 0 saturated heterocycles. The van der Waals surface area contributed by atoms with Crippen LogP contribution in [0.2, 0.25) is 0 Å². The smallest absolute Gasteiger partial charge is 0.110 e. The van der Waals surface area contributed by atoms with E-state index in [2.05, 4.69) is 28.6 Å². The summed E-state index contributed by atoms with van der Waals surface area (Å²) in [5.74, 6) is 1.08. The molecule has 138 valence electrons. The Morgan fingerprint density at radius 2 is 1.93 bits per heavy atom. The third kappa shape index (κ3) is 3.52. The average molecular weight is 366 g/mol. The summed E-state index contributed by atoms with van der Waals surface area (Å²) in [5.41, 5.74) is 5.84. The molecule has 4 rings (SSSR count). The monoisotopic (exact) mass is 366 g/mol. The topological polar surface area (TPSA) is 54.5 Å². The van der Waals surface area contributed by atoms with Crippen LogP contribution in [0.4, 0.5) is 0 Å². The molecular formula is C24H22N4. The van der Waals surface area contributed by atoms with E-state index in [1.165, 1.54) is 0 Å². The fraction of sp³-hybridized carbons (Fsp3) is 0.208. The molecule has 0 aliphatic heterocycles. The van der Waals surface area contributed by atoms with E-state index in [1.54, 1.807) is 6.20 Å². The lowest BCUT2D eigenvalue weighted by atomic mass is 9.98. The van der Waals surface area contributed by atoms with Gasteiger partial charge >= 0.3 is 0 Å². The fourth-order valence-corrected chi connectivity index (χ4v) is 3.56. The zero-order valence-electron chi connectivity index (χ0n) is 16.0. The van der Waals surface area contributed by atoms with Crippen molar-refractivity contribution in [2.45, 2.75) is 32.7 Å². The van der Waals surface area contributed by atoms with Crippen molar-refractivity contribution in [3.05, 3.63) is 83.9 Å². The van der Waals surface area contributed by atoms with E-state index in [0.717, 1.165) is 52.8 Å². The van der Waals surface area contributed by atoms with Gasteiger partial charge < -0.3 is 4.57 Å². The summed E-state index contributed by atoms with van der Waals surface area (Å²) in [6.45, 7) is 2.88. The third-order valence-corrected chi connectivity index (χ3v) is 5.01. The van der Waals surface area contributed by atoms with Crippen LogP contribution in [0.15, 0.2) is 67.0 Å². The average Bonchev–Trinajstić information content (AvgIpc) is 3.10. The Bertz CT molecular complexity index is 1140. The van der Waals surface area contributed by atoms with E-state index in [4.69, 9.17) is 4.98 Å². The number of imidazole rings is 1. The molecule has 0 unspecified atom stereocenters. The summed E-state index contributed by atoms with van der Waals surface area (Å²) in [6, 6.07) is 20.5. The highest BCUT2D eigenvalue weighted by atomic mass is 15.1. The number of fused-ring (bicyclic) bond motifs is 1. The van der Waals surface area contributed by atoms with Gasteiger partial charge in [0.2, 0.25) is 0 Å². The van der Waals surface area contributed by atoms with Gasteiger partial charge in [-0.05, 0) is 35.2 Å². The van der Waals surface area contributed by atoms with Gasteiger partial charge in [0.1, 0.15) is 5.82 Å². The van der Waals surface area contributed by atoms with Crippen molar-refractivity contribution >= 4 is 11.0 Å². The Hall–Kier alpha value is -3.45. The van der Waals surface area contributed by atoms with Crippen LogP contribution in [0, 0.1) is 11.3 Å². The lowest BCUT2D eigenvalue weighted by Crippen LogP contribution is -2.06. The second-order valence-electron chi connectivity index (χ2n) is 6.94. The summed E-state index contributed by atoms with van der Waals surface area (Å²) in [7, 11) is 0. The molecule has 0 fully saturated rings. The van der Waals surface area contributed by atoms with Crippen LogP contribution in [0.1, 0.15) is 36.7 Å².